The van der Waals surface area contributed by atoms with Crippen molar-refractivity contribution in [2.24, 2.45) is 0 Å². The Morgan fingerprint density at radius 2 is 2.14 bits per heavy atom. The molecule has 1 unspecified atom stereocenters. The molecule has 2 N–H and O–H groups in total. The zero-order chi connectivity index (χ0) is 15.6. The van der Waals surface area contributed by atoms with Crippen LogP contribution in [0.4, 0.5) is 0 Å². The number of ether oxygens (including phenoxy) is 1. The van der Waals surface area contributed by atoms with E-state index in [1.165, 1.54) is 0 Å². The summed E-state index contributed by atoms with van der Waals surface area (Å²) in [6.45, 7) is 5.59. The fourth-order valence-corrected chi connectivity index (χ4v) is 2.75. The quantitative estimate of drug-likeness (QED) is 0.887. The van der Waals surface area contributed by atoms with Crippen molar-refractivity contribution in [2.45, 2.75) is 26.8 Å². The second-order valence-electron chi connectivity index (χ2n) is 4.90. The molecular formula is C15H18BrN3O2. The number of aromatic nitrogens is 2. The van der Waals surface area contributed by atoms with E-state index in [-0.39, 0.29) is 11.9 Å². The van der Waals surface area contributed by atoms with Crippen LogP contribution >= 0.6 is 15.9 Å². The number of halogens is 1. The smallest absolute Gasteiger partial charge is 0.255 e. The highest BCUT2D eigenvalue weighted by atomic mass is 79.9. The molecule has 1 atom stereocenters. The van der Waals surface area contributed by atoms with Crippen LogP contribution in [-0.4, -0.2) is 23.2 Å². The normalized spacial score (nSPS) is 12.0. The lowest BCUT2D eigenvalue weighted by atomic mass is 10.1. The molecule has 21 heavy (non-hydrogen) atoms. The van der Waals surface area contributed by atoms with Crippen LogP contribution in [0.2, 0.25) is 0 Å². The van der Waals surface area contributed by atoms with Gasteiger partial charge >= 0.3 is 0 Å². The minimum absolute atomic E-state index is 0.117. The molecule has 0 spiro atoms. The lowest BCUT2D eigenvalue weighted by Gasteiger charge is -2.15. The number of nitrogens with one attached hydrogen (secondary N) is 2. The van der Waals surface area contributed by atoms with Gasteiger partial charge in [-0.05, 0) is 54.4 Å². The zero-order valence-electron chi connectivity index (χ0n) is 12.5. The van der Waals surface area contributed by atoms with Gasteiger partial charge in [-0.25, -0.2) is 0 Å². The van der Waals surface area contributed by atoms with Crippen molar-refractivity contribution in [3.05, 3.63) is 45.2 Å². The van der Waals surface area contributed by atoms with Gasteiger partial charge < -0.3 is 10.1 Å². The molecule has 0 aliphatic rings. The van der Waals surface area contributed by atoms with Crippen molar-refractivity contribution in [1.29, 1.82) is 0 Å². The number of amides is 1. The van der Waals surface area contributed by atoms with Gasteiger partial charge in [0.15, 0.2) is 0 Å². The number of aromatic amines is 1. The van der Waals surface area contributed by atoms with Gasteiger partial charge in [-0.15, -0.1) is 0 Å². The topological polar surface area (TPSA) is 67.0 Å². The highest BCUT2D eigenvalue weighted by Crippen LogP contribution is 2.28. The van der Waals surface area contributed by atoms with Gasteiger partial charge in [-0.1, -0.05) is 6.07 Å². The maximum absolute atomic E-state index is 12.3. The highest BCUT2D eigenvalue weighted by Gasteiger charge is 2.18. The van der Waals surface area contributed by atoms with E-state index in [4.69, 9.17) is 4.74 Å². The van der Waals surface area contributed by atoms with Crippen molar-refractivity contribution in [3.8, 4) is 5.75 Å². The van der Waals surface area contributed by atoms with E-state index < -0.39 is 0 Å². The summed E-state index contributed by atoms with van der Waals surface area (Å²) in [6.07, 6.45) is 0. The molecule has 1 aromatic carbocycles. The average Bonchev–Trinajstić information content (AvgIpc) is 2.77. The first kappa shape index (κ1) is 15.6. The Hall–Kier alpha value is -1.82. The molecule has 2 aromatic rings. The molecule has 5 nitrogen and oxygen atoms in total. The summed E-state index contributed by atoms with van der Waals surface area (Å²) in [5.74, 6) is 0.636. The summed E-state index contributed by atoms with van der Waals surface area (Å²) >= 11 is 3.45. The molecule has 1 heterocycles. The summed E-state index contributed by atoms with van der Waals surface area (Å²) < 4.78 is 6.06. The molecular weight excluding hydrogens is 334 g/mol. The number of nitrogens with zero attached hydrogens (tertiary/aromatic N) is 1. The molecule has 1 aromatic heterocycles. The molecule has 0 aliphatic carbocycles. The predicted octanol–water partition coefficient (Wildman–Crippen LogP) is 3.29. The molecule has 6 heteroatoms. The molecule has 2 rings (SSSR count). The largest absolute Gasteiger partial charge is 0.496 e. The monoisotopic (exact) mass is 351 g/mol. The van der Waals surface area contributed by atoms with Crippen LogP contribution in [0, 0.1) is 13.8 Å². The number of methoxy groups -OCH3 is 1. The van der Waals surface area contributed by atoms with Crippen molar-refractivity contribution in [3.63, 3.8) is 0 Å². The van der Waals surface area contributed by atoms with Crippen LogP contribution in [0.15, 0.2) is 22.7 Å². The van der Waals surface area contributed by atoms with Crippen molar-refractivity contribution >= 4 is 21.8 Å². The third-order valence-electron chi connectivity index (χ3n) is 3.38. The maximum atomic E-state index is 12.3. The van der Waals surface area contributed by atoms with Crippen molar-refractivity contribution in [1.82, 2.24) is 15.5 Å². The van der Waals surface area contributed by atoms with Gasteiger partial charge in [0.1, 0.15) is 5.75 Å². The summed E-state index contributed by atoms with van der Waals surface area (Å²) in [4.78, 5) is 12.3. The fourth-order valence-electron chi connectivity index (χ4n) is 2.19. The van der Waals surface area contributed by atoms with Gasteiger partial charge in [0, 0.05) is 5.69 Å². The first-order valence-corrected chi connectivity index (χ1v) is 7.39. The predicted molar refractivity (Wildman–Crippen MR) is 84.6 cm³/mol. The van der Waals surface area contributed by atoms with Crippen LogP contribution < -0.4 is 10.1 Å². The Kier molecular flexibility index (Phi) is 4.67. The SMILES string of the molecule is COc1ccc(C(C)NC(=O)c2c(C)n[nH]c2C)cc1Br. The lowest BCUT2D eigenvalue weighted by molar-refractivity contribution is 0.0938. The van der Waals surface area contributed by atoms with E-state index in [1.807, 2.05) is 39.0 Å². The van der Waals surface area contributed by atoms with Gasteiger partial charge in [0.2, 0.25) is 0 Å². The summed E-state index contributed by atoms with van der Waals surface area (Å²) in [7, 11) is 1.62. The second-order valence-corrected chi connectivity index (χ2v) is 5.75. The molecule has 112 valence electrons. The van der Waals surface area contributed by atoms with Crippen molar-refractivity contribution in [2.75, 3.05) is 7.11 Å². The number of aryl methyl sites for hydroxylation is 2. The first-order chi connectivity index (χ1) is 9.93. The van der Waals surface area contributed by atoms with Gasteiger partial charge in [0.25, 0.3) is 5.91 Å². The van der Waals surface area contributed by atoms with Gasteiger partial charge in [-0.2, -0.15) is 5.10 Å². The molecule has 0 saturated carbocycles. The number of rotatable bonds is 4. The van der Waals surface area contributed by atoms with Crippen LogP contribution in [0.1, 0.15) is 40.3 Å². The summed E-state index contributed by atoms with van der Waals surface area (Å²) in [6, 6.07) is 5.63. The number of hydrogen-bond donors (Lipinski definition) is 2. The third-order valence-corrected chi connectivity index (χ3v) is 4.00. The molecule has 0 saturated heterocycles. The minimum atomic E-state index is -0.127. The van der Waals surface area contributed by atoms with E-state index >= 15 is 0 Å². The van der Waals surface area contributed by atoms with E-state index in [9.17, 15) is 4.79 Å². The second kappa shape index (κ2) is 6.30. The summed E-state index contributed by atoms with van der Waals surface area (Å²) in [5.41, 5.74) is 3.07. The number of hydrogen-bond acceptors (Lipinski definition) is 3. The number of carbonyl (C=O) groups excluding carboxylic acids is 1. The Bertz CT molecular complexity index is 647. The maximum Gasteiger partial charge on any atom is 0.255 e. The molecule has 0 radical (unpaired) electrons. The van der Waals surface area contributed by atoms with Gasteiger partial charge in [-0.3, -0.25) is 9.89 Å². The minimum Gasteiger partial charge on any atom is -0.496 e. The van der Waals surface area contributed by atoms with Gasteiger partial charge in [0.05, 0.1) is 28.9 Å². The third kappa shape index (κ3) is 3.26. The van der Waals surface area contributed by atoms with E-state index in [0.29, 0.717) is 11.3 Å². The van der Waals surface area contributed by atoms with Crippen LogP contribution in [-0.2, 0) is 0 Å². The summed E-state index contributed by atoms with van der Waals surface area (Å²) in [5, 5.41) is 9.85. The molecule has 0 fully saturated rings. The number of benzene rings is 1. The Labute approximate surface area is 132 Å². The van der Waals surface area contributed by atoms with E-state index in [2.05, 4.69) is 31.4 Å². The van der Waals surface area contributed by atoms with Crippen LogP contribution in [0.5, 0.6) is 5.75 Å². The Morgan fingerprint density at radius 1 is 1.43 bits per heavy atom. The molecule has 0 bridgehead atoms. The zero-order valence-corrected chi connectivity index (χ0v) is 14.0. The average molecular weight is 352 g/mol. The van der Waals surface area contributed by atoms with Crippen LogP contribution in [0.3, 0.4) is 0 Å². The van der Waals surface area contributed by atoms with E-state index in [0.717, 1.165) is 21.5 Å². The Balaban J connectivity index is 2.16. The number of H-pyrrole nitrogens is 1. The van der Waals surface area contributed by atoms with E-state index in [1.54, 1.807) is 7.11 Å². The Morgan fingerprint density at radius 3 is 2.67 bits per heavy atom. The van der Waals surface area contributed by atoms with Crippen molar-refractivity contribution < 1.29 is 9.53 Å². The molecule has 1 amide bonds. The lowest BCUT2D eigenvalue weighted by Crippen LogP contribution is -2.27. The fraction of sp³-hybridized carbons (Fsp3) is 0.333. The number of carbonyl (C=O) groups is 1. The standard InChI is InChI=1S/C15H18BrN3O2/c1-8(11-5-6-13(21-4)12(16)7-11)17-15(20)14-9(2)18-19-10(14)3/h5-8H,1-4H3,(H,17,20)(H,18,19). The molecule has 0 aliphatic heterocycles. The highest BCUT2D eigenvalue weighted by molar-refractivity contribution is 9.10. The van der Waals surface area contributed by atoms with Crippen LogP contribution in [0.25, 0.3) is 0 Å². The first-order valence-electron chi connectivity index (χ1n) is 6.60.